The van der Waals surface area contributed by atoms with Crippen molar-refractivity contribution in [3.63, 3.8) is 0 Å². The van der Waals surface area contributed by atoms with E-state index in [1.54, 1.807) is 0 Å². The summed E-state index contributed by atoms with van der Waals surface area (Å²) in [5, 5.41) is 8.58. The molecule has 0 aliphatic carbocycles. The lowest BCUT2D eigenvalue weighted by Crippen LogP contribution is -2.31. The van der Waals surface area contributed by atoms with E-state index in [0.29, 0.717) is 6.61 Å². The quantitative estimate of drug-likeness (QED) is 0.769. The first-order valence-electron chi connectivity index (χ1n) is 6.51. The normalized spacial score (nSPS) is 14.1. The fraction of sp³-hybridized carbons (Fsp3) is 0.846. The van der Waals surface area contributed by atoms with Crippen molar-refractivity contribution in [2.75, 3.05) is 26.2 Å². The molecule has 0 unspecified atom stereocenters. The fourth-order valence-electron chi connectivity index (χ4n) is 1.32. The van der Waals surface area contributed by atoms with Crippen molar-refractivity contribution in [3.8, 4) is 0 Å². The summed E-state index contributed by atoms with van der Waals surface area (Å²) in [6.07, 6.45) is 5.27. The molecule has 1 heterocycles. The zero-order valence-corrected chi connectivity index (χ0v) is 11.7. The van der Waals surface area contributed by atoms with Crippen LogP contribution < -0.4 is 5.73 Å². The number of hydrogen-bond donors (Lipinski definition) is 2. The van der Waals surface area contributed by atoms with Gasteiger partial charge in [0.15, 0.2) is 0 Å². The van der Waals surface area contributed by atoms with Crippen LogP contribution in [-0.2, 0) is 0 Å². The Morgan fingerprint density at radius 1 is 1.12 bits per heavy atom. The van der Waals surface area contributed by atoms with Gasteiger partial charge in [0.05, 0.1) is 6.61 Å². The highest BCUT2D eigenvalue weighted by atomic mass is 16.3. The predicted octanol–water partition coefficient (Wildman–Crippen LogP) is 2.61. The van der Waals surface area contributed by atoms with Gasteiger partial charge in [0, 0.05) is 6.54 Å². The molecule has 3 N–H and O–H groups in total. The summed E-state index contributed by atoms with van der Waals surface area (Å²) in [6, 6.07) is 0. The first kappa shape index (κ1) is 20.8. The van der Waals surface area contributed by atoms with Gasteiger partial charge in [-0.25, -0.2) is 0 Å². The molecule has 1 fully saturated rings. The molecule has 0 amide bonds. The minimum Gasteiger partial charge on any atom is -0.405 e. The zero-order valence-electron chi connectivity index (χ0n) is 11.7. The molecule has 16 heavy (non-hydrogen) atoms. The second-order valence-electron chi connectivity index (χ2n) is 2.86. The smallest absolute Gasteiger partial charge is 0.0558 e. The third-order valence-electron chi connectivity index (χ3n) is 1.86. The van der Waals surface area contributed by atoms with Crippen molar-refractivity contribution < 1.29 is 5.11 Å². The molecule has 3 nitrogen and oxygen atoms in total. The lowest BCUT2D eigenvalue weighted by atomic mass is 10.1. The molecule has 0 aromatic carbocycles. The van der Waals surface area contributed by atoms with Crippen LogP contribution in [0.15, 0.2) is 12.8 Å². The summed E-state index contributed by atoms with van der Waals surface area (Å²) in [5.74, 6) is 0. The van der Waals surface area contributed by atoms with Crippen molar-refractivity contribution in [3.05, 3.63) is 12.8 Å². The molecule has 0 spiro atoms. The highest BCUT2D eigenvalue weighted by molar-refractivity contribution is 4.62. The van der Waals surface area contributed by atoms with E-state index in [1.807, 2.05) is 27.7 Å². The van der Waals surface area contributed by atoms with E-state index < -0.39 is 0 Å². The number of hydrogen-bond acceptors (Lipinski definition) is 3. The molecule has 100 valence electrons. The number of aliphatic hydroxyl groups is 1. The Bertz CT molecular complexity index is 99.4. The average molecular weight is 232 g/mol. The summed E-state index contributed by atoms with van der Waals surface area (Å²) in [5.41, 5.74) is 4.61. The standard InChI is InChI=1S/C7H15NO.C2H5N.2C2H6/c9-7-6-8-4-2-1-3-5-8;1-2-3;2*1-2/h9H,1-7H2;2H,1,3H2;2*1-2H3. The molecule has 1 rings (SSSR count). The maximum Gasteiger partial charge on any atom is 0.0558 e. The van der Waals surface area contributed by atoms with Gasteiger partial charge in [-0.2, -0.15) is 0 Å². The Hall–Kier alpha value is -0.540. The summed E-state index contributed by atoms with van der Waals surface area (Å²) >= 11 is 0. The SMILES string of the molecule is C=CN.CC.CC.OCCN1CCCCC1. The Morgan fingerprint density at radius 2 is 1.50 bits per heavy atom. The van der Waals surface area contributed by atoms with Crippen molar-refractivity contribution in [1.29, 1.82) is 0 Å². The van der Waals surface area contributed by atoms with Gasteiger partial charge in [0.1, 0.15) is 0 Å². The van der Waals surface area contributed by atoms with E-state index in [0.717, 1.165) is 6.54 Å². The van der Waals surface area contributed by atoms with Crippen LogP contribution in [-0.4, -0.2) is 36.2 Å². The van der Waals surface area contributed by atoms with Crippen LogP contribution in [0.3, 0.4) is 0 Å². The number of β-amino-alcohol motifs (C(OH)–C–C–N with tert-alkyl or cyclic N) is 1. The number of rotatable bonds is 2. The van der Waals surface area contributed by atoms with Gasteiger partial charge >= 0.3 is 0 Å². The van der Waals surface area contributed by atoms with Gasteiger partial charge in [-0.15, -0.1) is 0 Å². The second-order valence-corrected chi connectivity index (χ2v) is 2.86. The van der Waals surface area contributed by atoms with E-state index in [1.165, 1.54) is 38.6 Å². The Kier molecular flexibility index (Phi) is 31.2. The van der Waals surface area contributed by atoms with Gasteiger partial charge in [0.2, 0.25) is 0 Å². The van der Waals surface area contributed by atoms with Crippen LogP contribution >= 0.6 is 0 Å². The summed E-state index contributed by atoms with van der Waals surface area (Å²) < 4.78 is 0. The molecule has 0 aromatic heterocycles. The molecule has 0 aromatic rings. The maximum atomic E-state index is 8.58. The number of nitrogens with zero attached hydrogens (tertiary/aromatic N) is 1. The van der Waals surface area contributed by atoms with Gasteiger partial charge < -0.3 is 15.7 Å². The molecule has 3 heteroatoms. The fourth-order valence-corrected chi connectivity index (χ4v) is 1.32. The minimum atomic E-state index is 0.319. The monoisotopic (exact) mass is 232 g/mol. The topological polar surface area (TPSA) is 49.5 Å². The van der Waals surface area contributed by atoms with E-state index in [9.17, 15) is 0 Å². The van der Waals surface area contributed by atoms with E-state index in [2.05, 4.69) is 17.2 Å². The van der Waals surface area contributed by atoms with E-state index >= 15 is 0 Å². The third-order valence-corrected chi connectivity index (χ3v) is 1.86. The number of aliphatic hydroxyl groups excluding tert-OH is 1. The molecule has 1 saturated heterocycles. The summed E-state index contributed by atoms with van der Waals surface area (Å²) in [6.45, 7) is 14.7. The molecule has 1 aliphatic heterocycles. The largest absolute Gasteiger partial charge is 0.405 e. The Balaban J connectivity index is -0.000000206. The van der Waals surface area contributed by atoms with Crippen LogP contribution in [0.1, 0.15) is 47.0 Å². The first-order chi connectivity index (χ1) is 7.85. The maximum absolute atomic E-state index is 8.58. The predicted molar refractivity (Wildman–Crippen MR) is 74.5 cm³/mol. The number of likely N-dealkylation sites (tertiary alicyclic amines) is 1. The number of nitrogens with two attached hydrogens (primary N) is 1. The molecule has 0 radical (unpaired) electrons. The molecule has 1 aliphatic rings. The highest BCUT2D eigenvalue weighted by Gasteiger charge is 2.07. The van der Waals surface area contributed by atoms with Gasteiger partial charge in [-0.1, -0.05) is 40.7 Å². The van der Waals surface area contributed by atoms with E-state index in [-0.39, 0.29) is 0 Å². The molecule has 0 bridgehead atoms. The van der Waals surface area contributed by atoms with Crippen molar-refractivity contribution in [1.82, 2.24) is 4.90 Å². The second kappa shape index (κ2) is 23.9. The summed E-state index contributed by atoms with van der Waals surface area (Å²) in [4.78, 5) is 2.32. The van der Waals surface area contributed by atoms with Gasteiger partial charge in [-0.05, 0) is 32.1 Å². The zero-order chi connectivity index (χ0) is 13.2. The summed E-state index contributed by atoms with van der Waals surface area (Å²) in [7, 11) is 0. The van der Waals surface area contributed by atoms with Crippen LogP contribution in [0.5, 0.6) is 0 Å². The lowest BCUT2D eigenvalue weighted by molar-refractivity contribution is 0.173. The molecular weight excluding hydrogens is 200 g/mol. The van der Waals surface area contributed by atoms with Crippen molar-refractivity contribution in [2.45, 2.75) is 47.0 Å². The van der Waals surface area contributed by atoms with Crippen LogP contribution in [0.25, 0.3) is 0 Å². The third kappa shape index (κ3) is 19.1. The van der Waals surface area contributed by atoms with Gasteiger partial charge in [-0.3, -0.25) is 0 Å². The van der Waals surface area contributed by atoms with Gasteiger partial charge in [0.25, 0.3) is 0 Å². The van der Waals surface area contributed by atoms with Crippen LogP contribution in [0.4, 0.5) is 0 Å². The first-order valence-corrected chi connectivity index (χ1v) is 6.51. The highest BCUT2D eigenvalue weighted by Crippen LogP contribution is 2.06. The Labute approximate surface area is 102 Å². The van der Waals surface area contributed by atoms with Crippen LogP contribution in [0.2, 0.25) is 0 Å². The van der Waals surface area contributed by atoms with Crippen molar-refractivity contribution in [2.24, 2.45) is 5.73 Å². The van der Waals surface area contributed by atoms with Crippen molar-refractivity contribution >= 4 is 0 Å². The van der Waals surface area contributed by atoms with Crippen LogP contribution in [0, 0.1) is 0 Å². The lowest BCUT2D eigenvalue weighted by Gasteiger charge is -2.25. The average Bonchev–Trinajstić information content (AvgIpc) is 2.37. The molecule has 0 saturated carbocycles. The Morgan fingerprint density at radius 3 is 1.81 bits per heavy atom. The van der Waals surface area contributed by atoms with E-state index in [4.69, 9.17) is 5.11 Å². The molecule has 0 atom stereocenters. The number of piperidine rings is 1. The minimum absolute atomic E-state index is 0.319. The molecular formula is C13H32N2O.